The molecule has 0 spiro atoms. The van der Waals surface area contributed by atoms with Crippen LogP contribution in [0.5, 0.6) is 0 Å². The van der Waals surface area contributed by atoms with E-state index in [-0.39, 0.29) is 6.10 Å². The van der Waals surface area contributed by atoms with Gasteiger partial charge in [-0.2, -0.15) is 5.10 Å². The minimum absolute atomic E-state index is 0.0168. The number of nitrogens with zero attached hydrogens (tertiary/aromatic N) is 1. The zero-order chi connectivity index (χ0) is 14.7. The Balaban J connectivity index is 1.55. The molecule has 0 aliphatic carbocycles. The summed E-state index contributed by atoms with van der Waals surface area (Å²) in [5.74, 6) is -1.35. The third-order valence-corrected chi connectivity index (χ3v) is 3.42. The zero-order valence-corrected chi connectivity index (χ0v) is 11.4. The van der Waals surface area contributed by atoms with Crippen molar-refractivity contribution in [2.24, 2.45) is 0 Å². The quantitative estimate of drug-likeness (QED) is 0.728. The van der Waals surface area contributed by atoms with E-state index in [1.54, 1.807) is 18.3 Å². The van der Waals surface area contributed by atoms with E-state index >= 15 is 0 Å². The number of amides is 2. The second-order valence-electron chi connectivity index (χ2n) is 4.97. The number of carbonyl (C=O) groups is 2. The molecule has 2 amide bonds. The van der Waals surface area contributed by atoms with Crippen LogP contribution in [0, 0.1) is 0 Å². The lowest BCUT2D eigenvalue weighted by atomic mass is 10.2. The molecule has 110 valence electrons. The van der Waals surface area contributed by atoms with E-state index in [4.69, 9.17) is 4.74 Å². The first-order chi connectivity index (χ1) is 10.2. The van der Waals surface area contributed by atoms with Gasteiger partial charge in [-0.25, -0.2) is 0 Å². The topological polar surface area (TPSA) is 96.1 Å². The van der Waals surface area contributed by atoms with Crippen LogP contribution in [0.2, 0.25) is 0 Å². The summed E-state index contributed by atoms with van der Waals surface area (Å²) in [6.07, 6.45) is 3.62. The molecular weight excluding hydrogens is 272 g/mol. The molecule has 1 aromatic carbocycles. The Morgan fingerprint density at radius 3 is 3.10 bits per heavy atom. The highest BCUT2D eigenvalue weighted by atomic mass is 16.5. The van der Waals surface area contributed by atoms with Crippen LogP contribution in [0.1, 0.15) is 12.8 Å². The Bertz CT molecular complexity index is 661. The first-order valence-corrected chi connectivity index (χ1v) is 6.86. The van der Waals surface area contributed by atoms with Gasteiger partial charge in [0.05, 0.1) is 17.8 Å². The van der Waals surface area contributed by atoms with Gasteiger partial charge in [0.1, 0.15) is 0 Å². The number of fused-ring (bicyclic) bond motifs is 1. The summed E-state index contributed by atoms with van der Waals surface area (Å²) < 4.78 is 5.38. The molecule has 3 N–H and O–H groups in total. The fourth-order valence-electron chi connectivity index (χ4n) is 2.29. The SMILES string of the molecule is O=C(NCC1CCCO1)C(=O)Nc1ccc2cn[nH]c2c1. The number of rotatable bonds is 3. The predicted octanol–water partition coefficient (Wildman–Crippen LogP) is 0.797. The van der Waals surface area contributed by atoms with Crippen LogP contribution in [0.15, 0.2) is 24.4 Å². The molecule has 0 saturated carbocycles. The Hall–Kier alpha value is -2.41. The molecule has 7 heteroatoms. The van der Waals surface area contributed by atoms with E-state index in [9.17, 15) is 9.59 Å². The second-order valence-corrected chi connectivity index (χ2v) is 4.97. The summed E-state index contributed by atoms with van der Waals surface area (Å²) in [4.78, 5) is 23.5. The smallest absolute Gasteiger partial charge is 0.313 e. The number of benzene rings is 1. The summed E-state index contributed by atoms with van der Waals surface area (Å²) in [6.45, 7) is 1.09. The van der Waals surface area contributed by atoms with Crippen molar-refractivity contribution in [3.8, 4) is 0 Å². The predicted molar refractivity (Wildman–Crippen MR) is 76.7 cm³/mol. The fourth-order valence-corrected chi connectivity index (χ4v) is 2.29. The van der Waals surface area contributed by atoms with Gasteiger partial charge < -0.3 is 15.4 Å². The first kappa shape index (κ1) is 13.6. The number of H-pyrrole nitrogens is 1. The van der Waals surface area contributed by atoms with E-state index in [1.807, 2.05) is 6.07 Å². The minimum atomic E-state index is -0.688. The van der Waals surface area contributed by atoms with Crippen LogP contribution >= 0.6 is 0 Å². The van der Waals surface area contributed by atoms with Gasteiger partial charge in [-0.1, -0.05) is 0 Å². The second kappa shape index (κ2) is 5.92. The summed E-state index contributed by atoms with van der Waals surface area (Å²) in [5, 5.41) is 12.8. The minimum Gasteiger partial charge on any atom is -0.376 e. The van der Waals surface area contributed by atoms with Crippen molar-refractivity contribution in [3.63, 3.8) is 0 Å². The number of carbonyl (C=O) groups excluding carboxylic acids is 2. The largest absolute Gasteiger partial charge is 0.376 e. The Labute approximate surface area is 121 Å². The molecule has 1 atom stereocenters. The van der Waals surface area contributed by atoms with Crippen LogP contribution < -0.4 is 10.6 Å². The van der Waals surface area contributed by atoms with Crippen molar-refractivity contribution in [1.29, 1.82) is 0 Å². The third-order valence-electron chi connectivity index (χ3n) is 3.42. The Morgan fingerprint density at radius 2 is 2.29 bits per heavy atom. The maximum Gasteiger partial charge on any atom is 0.313 e. The van der Waals surface area contributed by atoms with E-state index in [1.165, 1.54) is 0 Å². The lowest BCUT2D eigenvalue weighted by molar-refractivity contribution is -0.136. The van der Waals surface area contributed by atoms with Gasteiger partial charge in [0.15, 0.2) is 0 Å². The van der Waals surface area contributed by atoms with Crippen molar-refractivity contribution in [3.05, 3.63) is 24.4 Å². The lowest BCUT2D eigenvalue weighted by Gasteiger charge is -2.10. The Kier molecular flexibility index (Phi) is 3.83. The molecule has 3 rings (SSSR count). The molecule has 0 radical (unpaired) electrons. The highest BCUT2D eigenvalue weighted by Gasteiger charge is 2.19. The van der Waals surface area contributed by atoms with E-state index in [2.05, 4.69) is 20.8 Å². The molecule has 7 nitrogen and oxygen atoms in total. The van der Waals surface area contributed by atoms with Crippen LogP contribution in [0.4, 0.5) is 5.69 Å². The van der Waals surface area contributed by atoms with Crippen molar-refractivity contribution in [1.82, 2.24) is 15.5 Å². The van der Waals surface area contributed by atoms with Gasteiger partial charge in [0.2, 0.25) is 0 Å². The maximum absolute atomic E-state index is 11.8. The van der Waals surface area contributed by atoms with Crippen LogP contribution in [0.25, 0.3) is 10.9 Å². The number of aromatic amines is 1. The average Bonchev–Trinajstić information content (AvgIpc) is 3.15. The van der Waals surface area contributed by atoms with E-state index < -0.39 is 11.8 Å². The summed E-state index contributed by atoms with van der Waals surface area (Å²) in [7, 11) is 0. The number of anilines is 1. The maximum atomic E-state index is 11.8. The number of ether oxygens (including phenoxy) is 1. The number of aromatic nitrogens is 2. The van der Waals surface area contributed by atoms with Crippen molar-refractivity contribution >= 4 is 28.4 Å². The molecule has 2 aromatic rings. The number of nitrogens with one attached hydrogen (secondary N) is 3. The molecular formula is C14H16N4O3. The van der Waals surface area contributed by atoms with Crippen molar-refractivity contribution < 1.29 is 14.3 Å². The summed E-state index contributed by atoms with van der Waals surface area (Å²) in [5.41, 5.74) is 1.34. The fraction of sp³-hybridized carbons (Fsp3) is 0.357. The third kappa shape index (κ3) is 3.19. The standard InChI is InChI=1S/C14H16N4O3/c19-13(15-8-11-2-1-5-21-11)14(20)17-10-4-3-9-7-16-18-12(9)6-10/h3-4,6-7,11H,1-2,5,8H2,(H,15,19)(H,16,18)(H,17,20). The Morgan fingerprint density at radius 1 is 1.38 bits per heavy atom. The van der Waals surface area contributed by atoms with Gasteiger partial charge in [0, 0.05) is 24.2 Å². The number of hydrogen-bond donors (Lipinski definition) is 3. The average molecular weight is 288 g/mol. The molecule has 1 aliphatic rings. The molecule has 1 unspecified atom stereocenters. The van der Waals surface area contributed by atoms with Gasteiger partial charge in [-0.15, -0.1) is 0 Å². The lowest BCUT2D eigenvalue weighted by Crippen LogP contribution is -2.39. The normalized spacial score (nSPS) is 17.8. The first-order valence-electron chi connectivity index (χ1n) is 6.86. The van der Waals surface area contributed by atoms with Crippen molar-refractivity contribution in [2.75, 3.05) is 18.5 Å². The monoisotopic (exact) mass is 288 g/mol. The highest BCUT2D eigenvalue weighted by molar-refractivity contribution is 6.39. The molecule has 0 bridgehead atoms. The number of hydrogen-bond acceptors (Lipinski definition) is 4. The molecule has 1 saturated heterocycles. The molecule has 1 fully saturated rings. The molecule has 21 heavy (non-hydrogen) atoms. The zero-order valence-electron chi connectivity index (χ0n) is 11.4. The van der Waals surface area contributed by atoms with E-state index in [0.717, 1.165) is 30.4 Å². The van der Waals surface area contributed by atoms with Crippen molar-refractivity contribution in [2.45, 2.75) is 18.9 Å². The summed E-state index contributed by atoms with van der Waals surface area (Å²) >= 11 is 0. The van der Waals surface area contributed by atoms with Crippen LogP contribution in [-0.4, -0.2) is 41.3 Å². The van der Waals surface area contributed by atoms with Gasteiger partial charge in [0.25, 0.3) is 0 Å². The van der Waals surface area contributed by atoms with Gasteiger partial charge >= 0.3 is 11.8 Å². The molecule has 1 aromatic heterocycles. The van der Waals surface area contributed by atoms with Gasteiger partial charge in [-0.05, 0) is 31.0 Å². The van der Waals surface area contributed by atoms with Crippen LogP contribution in [0.3, 0.4) is 0 Å². The van der Waals surface area contributed by atoms with E-state index in [0.29, 0.717) is 12.2 Å². The molecule has 1 aliphatic heterocycles. The summed E-state index contributed by atoms with van der Waals surface area (Å²) in [6, 6.07) is 5.27. The van der Waals surface area contributed by atoms with Crippen LogP contribution in [-0.2, 0) is 14.3 Å². The molecule has 2 heterocycles. The highest BCUT2D eigenvalue weighted by Crippen LogP contribution is 2.16. The van der Waals surface area contributed by atoms with Gasteiger partial charge in [-0.3, -0.25) is 14.7 Å².